The summed E-state index contributed by atoms with van der Waals surface area (Å²) in [5.41, 5.74) is 1.17. The molecule has 1 atom stereocenters. The van der Waals surface area contributed by atoms with Crippen LogP contribution in [-0.2, 0) is 16.1 Å². The van der Waals surface area contributed by atoms with E-state index in [0.29, 0.717) is 25.7 Å². The van der Waals surface area contributed by atoms with Crippen LogP contribution < -0.4 is 0 Å². The number of rotatable bonds is 7. The summed E-state index contributed by atoms with van der Waals surface area (Å²) in [6, 6.07) is 12.4. The van der Waals surface area contributed by atoms with Gasteiger partial charge in [0.15, 0.2) is 0 Å². The first-order chi connectivity index (χ1) is 11.8. The SMILES string of the molecule is O=C(CCCOCc1ccccc1)N1CCCC(n2cccn2)C1. The lowest BCUT2D eigenvalue weighted by atomic mass is 10.1. The molecule has 1 fully saturated rings. The van der Waals surface area contributed by atoms with E-state index in [0.717, 1.165) is 32.4 Å². The van der Waals surface area contributed by atoms with Gasteiger partial charge in [0, 0.05) is 38.5 Å². The van der Waals surface area contributed by atoms with Crippen molar-refractivity contribution in [2.45, 2.75) is 38.3 Å². The summed E-state index contributed by atoms with van der Waals surface area (Å²) < 4.78 is 7.63. The first-order valence-corrected chi connectivity index (χ1v) is 8.71. The zero-order chi connectivity index (χ0) is 16.6. The maximum Gasteiger partial charge on any atom is 0.222 e. The van der Waals surface area contributed by atoms with Crippen LogP contribution in [0.5, 0.6) is 0 Å². The minimum absolute atomic E-state index is 0.232. The third-order valence-electron chi connectivity index (χ3n) is 4.44. The van der Waals surface area contributed by atoms with Crippen molar-refractivity contribution in [2.24, 2.45) is 0 Å². The van der Waals surface area contributed by atoms with Gasteiger partial charge in [0.1, 0.15) is 0 Å². The Bertz CT molecular complexity index is 613. The third-order valence-corrected chi connectivity index (χ3v) is 4.44. The number of benzene rings is 1. The molecule has 1 aliphatic rings. The lowest BCUT2D eigenvalue weighted by Gasteiger charge is -2.33. The smallest absolute Gasteiger partial charge is 0.222 e. The summed E-state index contributed by atoms with van der Waals surface area (Å²) in [7, 11) is 0. The van der Waals surface area contributed by atoms with E-state index in [1.807, 2.05) is 52.2 Å². The number of amides is 1. The Kier molecular flexibility index (Phi) is 6.01. The first-order valence-electron chi connectivity index (χ1n) is 8.71. The van der Waals surface area contributed by atoms with Gasteiger partial charge in [-0.1, -0.05) is 30.3 Å². The van der Waals surface area contributed by atoms with Gasteiger partial charge >= 0.3 is 0 Å². The minimum atomic E-state index is 0.232. The molecule has 1 amide bonds. The second-order valence-corrected chi connectivity index (χ2v) is 6.26. The Hall–Kier alpha value is -2.14. The van der Waals surface area contributed by atoms with E-state index in [1.54, 1.807) is 6.20 Å². The summed E-state index contributed by atoms with van der Waals surface area (Å²) >= 11 is 0. The van der Waals surface area contributed by atoms with Crippen LogP contribution in [0, 0.1) is 0 Å². The Balaban J connectivity index is 1.36. The summed E-state index contributed by atoms with van der Waals surface area (Å²) in [5, 5.41) is 4.31. The monoisotopic (exact) mass is 327 g/mol. The molecule has 2 aromatic rings. The van der Waals surface area contributed by atoms with E-state index in [4.69, 9.17) is 4.74 Å². The molecule has 1 saturated heterocycles. The van der Waals surface area contributed by atoms with Crippen molar-refractivity contribution in [1.82, 2.24) is 14.7 Å². The van der Waals surface area contributed by atoms with Gasteiger partial charge in [0.25, 0.3) is 0 Å². The molecule has 128 valence electrons. The quantitative estimate of drug-likeness (QED) is 0.734. The molecule has 0 spiro atoms. The van der Waals surface area contributed by atoms with Crippen LogP contribution in [0.2, 0.25) is 0 Å². The average Bonchev–Trinajstić information content (AvgIpc) is 3.17. The molecule has 1 aliphatic heterocycles. The third kappa shape index (κ3) is 4.68. The van der Waals surface area contributed by atoms with Crippen molar-refractivity contribution in [1.29, 1.82) is 0 Å². The molecule has 5 heteroatoms. The van der Waals surface area contributed by atoms with Crippen molar-refractivity contribution in [3.05, 3.63) is 54.4 Å². The highest BCUT2D eigenvalue weighted by molar-refractivity contribution is 5.76. The number of piperidine rings is 1. The predicted molar refractivity (Wildman–Crippen MR) is 92.4 cm³/mol. The van der Waals surface area contributed by atoms with Crippen molar-refractivity contribution in [3.8, 4) is 0 Å². The first kappa shape index (κ1) is 16.7. The number of aromatic nitrogens is 2. The van der Waals surface area contributed by atoms with E-state index in [9.17, 15) is 4.79 Å². The molecule has 1 aromatic heterocycles. The standard InChI is InChI=1S/C19H25N3O2/c23-19(10-5-14-24-16-17-7-2-1-3-8-17)21-12-4-9-18(15-21)22-13-6-11-20-22/h1-3,6-8,11,13,18H,4-5,9-10,12,14-16H2. The van der Waals surface area contributed by atoms with Gasteiger partial charge in [-0.05, 0) is 30.9 Å². The molecular formula is C19H25N3O2. The lowest BCUT2D eigenvalue weighted by Crippen LogP contribution is -2.40. The van der Waals surface area contributed by atoms with Crippen LogP contribution in [-0.4, -0.2) is 40.3 Å². The van der Waals surface area contributed by atoms with Gasteiger partial charge in [-0.25, -0.2) is 0 Å². The molecule has 5 nitrogen and oxygen atoms in total. The highest BCUT2D eigenvalue weighted by Crippen LogP contribution is 2.21. The predicted octanol–water partition coefficient (Wildman–Crippen LogP) is 3.04. The number of ether oxygens (including phenoxy) is 1. The normalized spacial score (nSPS) is 17.8. The molecule has 0 bridgehead atoms. The van der Waals surface area contributed by atoms with Gasteiger partial charge in [0.2, 0.25) is 5.91 Å². The van der Waals surface area contributed by atoms with Crippen LogP contribution in [0.3, 0.4) is 0 Å². The van der Waals surface area contributed by atoms with E-state index >= 15 is 0 Å². The van der Waals surface area contributed by atoms with Gasteiger partial charge in [-0.2, -0.15) is 5.10 Å². The Morgan fingerprint density at radius 2 is 2.12 bits per heavy atom. The van der Waals surface area contributed by atoms with E-state index < -0.39 is 0 Å². The number of hydrogen-bond acceptors (Lipinski definition) is 3. The second-order valence-electron chi connectivity index (χ2n) is 6.26. The molecule has 24 heavy (non-hydrogen) atoms. The van der Waals surface area contributed by atoms with Crippen LogP contribution in [0.1, 0.15) is 37.3 Å². The molecule has 0 aliphatic carbocycles. The highest BCUT2D eigenvalue weighted by Gasteiger charge is 2.24. The van der Waals surface area contributed by atoms with Gasteiger partial charge < -0.3 is 9.64 Å². The van der Waals surface area contributed by atoms with Crippen LogP contribution in [0.4, 0.5) is 0 Å². The van der Waals surface area contributed by atoms with E-state index in [2.05, 4.69) is 5.10 Å². The summed E-state index contributed by atoms with van der Waals surface area (Å²) in [5.74, 6) is 0.232. The molecule has 0 saturated carbocycles. The number of carbonyl (C=O) groups excluding carboxylic acids is 1. The van der Waals surface area contributed by atoms with Gasteiger partial charge in [-0.15, -0.1) is 0 Å². The molecule has 1 aromatic carbocycles. The maximum atomic E-state index is 12.4. The van der Waals surface area contributed by atoms with Crippen LogP contribution in [0.15, 0.2) is 48.8 Å². The average molecular weight is 327 g/mol. The van der Waals surface area contributed by atoms with Gasteiger partial charge in [0.05, 0.1) is 12.6 Å². The number of likely N-dealkylation sites (tertiary alicyclic amines) is 1. The fraction of sp³-hybridized carbons (Fsp3) is 0.474. The molecule has 1 unspecified atom stereocenters. The van der Waals surface area contributed by atoms with Crippen molar-refractivity contribution < 1.29 is 9.53 Å². The lowest BCUT2D eigenvalue weighted by molar-refractivity contribution is -0.133. The van der Waals surface area contributed by atoms with Crippen molar-refractivity contribution in [2.75, 3.05) is 19.7 Å². The van der Waals surface area contributed by atoms with E-state index in [1.165, 1.54) is 5.56 Å². The van der Waals surface area contributed by atoms with Crippen LogP contribution in [0.25, 0.3) is 0 Å². The fourth-order valence-corrected chi connectivity index (χ4v) is 3.14. The number of hydrogen-bond donors (Lipinski definition) is 0. The zero-order valence-corrected chi connectivity index (χ0v) is 14.0. The summed E-state index contributed by atoms with van der Waals surface area (Å²) in [6.45, 7) is 2.87. The number of carbonyl (C=O) groups is 1. The Morgan fingerprint density at radius 3 is 2.92 bits per heavy atom. The Morgan fingerprint density at radius 1 is 1.25 bits per heavy atom. The summed E-state index contributed by atoms with van der Waals surface area (Å²) in [4.78, 5) is 14.4. The Labute approximate surface area is 143 Å². The minimum Gasteiger partial charge on any atom is -0.377 e. The maximum absolute atomic E-state index is 12.4. The largest absolute Gasteiger partial charge is 0.377 e. The van der Waals surface area contributed by atoms with E-state index in [-0.39, 0.29) is 5.91 Å². The topological polar surface area (TPSA) is 47.4 Å². The summed E-state index contributed by atoms with van der Waals surface area (Å²) in [6.07, 6.45) is 7.24. The fourth-order valence-electron chi connectivity index (χ4n) is 3.14. The van der Waals surface area contributed by atoms with Crippen molar-refractivity contribution in [3.63, 3.8) is 0 Å². The zero-order valence-electron chi connectivity index (χ0n) is 14.0. The second kappa shape index (κ2) is 8.64. The molecule has 0 radical (unpaired) electrons. The molecule has 3 rings (SSSR count). The van der Waals surface area contributed by atoms with Gasteiger partial charge in [-0.3, -0.25) is 9.48 Å². The van der Waals surface area contributed by atoms with Crippen LogP contribution >= 0.6 is 0 Å². The number of nitrogens with zero attached hydrogens (tertiary/aromatic N) is 3. The molecule has 2 heterocycles. The molecular weight excluding hydrogens is 302 g/mol. The highest BCUT2D eigenvalue weighted by atomic mass is 16.5. The molecule has 0 N–H and O–H groups in total. The van der Waals surface area contributed by atoms with Crippen molar-refractivity contribution >= 4 is 5.91 Å².